The molecule has 4 heteroatoms. The largest absolute Gasteiger partial charge is 0.309 e. The van der Waals surface area contributed by atoms with Gasteiger partial charge in [0.2, 0.25) is 0 Å². The van der Waals surface area contributed by atoms with Gasteiger partial charge in [-0.25, -0.2) is 9.97 Å². The maximum atomic E-state index is 5.02. The fraction of sp³-hybridized carbons (Fsp3) is 0. The van der Waals surface area contributed by atoms with Crippen molar-refractivity contribution in [3.8, 4) is 67.5 Å². The van der Waals surface area contributed by atoms with Crippen LogP contribution in [0.5, 0.6) is 0 Å². The lowest BCUT2D eigenvalue weighted by Gasteiger charge is -2.11. The number of nitrogens with zero attached hydrogens (tertiary/aromatic N) is 4. The molecular weight excluding hydrogens is 753 g/mol. The molecule has 62 heavy (non-hydrogen) atoms. The molecule has 0 aliphatic heterocycles. The summed E-state index contributed by atoms with van der Waals surface area (Å²) in [5, 5.41) is 5.01. The summed E-state index contributed by atoms with van der Waals surface area (Å²) in [6.07, 6.45) is 0. The van der Waals surface area contributed by atoms with Gasteiger partial charge in [-0.15, -0.1) is 0 Å². The number of hydrogen-bond acceptors (Lipinski definition) is 2. The highest BCUT2D eigenvalue weighted by Gasteiger charge is 2.17. The van der Waals surface area contributed by atoms with Gasteiger partial charge in [-0.1, -0.05) is 176 Å². The second-order valence-corrected chi connectivity index (χ2v) is 15.8. The smallest absolute Gasteiger partial charge is 0.160 e. The van der Waals surface area contributed by atoms with Crippen LogP contribution in [0.3, 0.4) is 0 Å². The molecule has 3 heterocycles. The molecule has 0 spiro atoms. The number of benzene rings is 9. The van der Waals surface area contributed by atoms with E-state index in [2.05, 4.69) is 203 Å². The van der Waals surface area contributed by atoms with Crippen LogP contribution in [0.2, 0.25) is 0 Å². The summed E-state index contributed by atoms with van der Waals surface area (Å²) < 4.78 is 4.79. The quantitative estimate of drug-likeness (QED) is 0.161. The molecule has 0 bridgehead atoms. The standard InChI is InChI=1S/C58H38N4/c1-3-13-43(14-4-1)52-38-53(60-58(59-52)45-15-5-2-6-16-45)44-29-27-41(28-30-44)39-23-25-40(26-24-39)42-31-33-46(34-32-42)61-56-22-12-9-19-50(56)51-37-47(35-36-57(51)61)62-54-20-10-7-17-48(54)49-18-8-11-21-55(49)62/h1-38H. The third-order valence-corrected chi connectivity index (χ3v) is 12.2. The van der Waals surface area contributed by atoms with Crippen molar-refractivity contribution >= 4 is 43.6 Å². The van der Waals surface area contributed by atoms with Crippen LogP contribution in [0.1, 0.15) is 0 Å². The van der Waals surface area contributed by atoms with Gasteiger partial charge in [-0.3, -0.25) is 0 Å². The molecule has 12 rings (SSSR count). The van der Waals surface area contributed by atoms with Crippen LogP contribution < -0.4 is 0 Å². The van der Waals surface area contributed by atoms with Crippen molar-refractivity contribution in [3.63, 3.8) is 0 Å². The second-order valence-electron chi connectivity index (χ2n) is 15.8. The van der Waals surface area contributed by atoms with Gasteiger partial charge in [0, 0.05) is 49.6 Å². The van der Waals surface area contributed by atoms with E-state index >= 15 is 0 Å². The van der Waals surface area contributed by atoms with Crippen LogP contribution in [0.15, 0.2) is 231 Å². The molecule has 0 aliphatic carbocycles. The summed E-state index contributed by atoms with van der Waals surface area (Å²) in [5.74, 6) is 0.717. The van der Waals surface area contributed by atoms with Gasteiger partial charge in [0.05, 0.1) is 33.5 Å². The van der Waals surface area contributed by atoms with Gasteiger partial charge < -0.3 is 9.13 Å². The van der Waals surface area contributed by atoms with Gasteiger partial charge >= 0.3 is 0 Å². The fourth-order valence-corrected chi connectivity index (χ4v) is 9.14. The molecule has 9 aromatic carbocycles. The van der Waals surface area contributed by atoms with E-state index in [1.165, 1.54) is 60.3 Å². The average molecular weight is 791 g/mol. The Labute approximate surface area is 359 Å². The Bertz CT molecular complexity index is 3470. The molecule has 0 aliphatic rings. The van der Waals surface area contributed by atoms with Crippen molar-refractivity contribution in [2.75, 3.05) is 0 Å². The molecule has 0 N–H and O–H groups in total. The van der Waals surface area contributed by atoms with E-state index in [9.17, 15) is 0 Å². The maximum Gasteiger partial charge on any atom is 0.160 e. The molecule has 0 amide bonds. The molecule has 4 nitrogen and oxygen atoms in total. The minimum absolute atomic E-state index is 0.717. The Hall–Kier alpha value is -8.34. The van der Waals surface area contributed by atoms with Gasteiger partial charge in [0.1, 0.15) is 0 Å². The lowest BCUT2D eigenvalue weighted by Crippen LogP contribution is -1.96. The van der Waals surface area contributed by atoms with E-state index in [1.807, 2.05) is 36.4 Å². The molecule has 290 valence electrons. The molecule has 3 aromatic heterocycles. The first-order chi connectivity index (χ1) is 30.7. The predicted octanol–water partition coefficient (Wildman–Crippen LogP) is 15.0. The zero-order valence-corrected chi connectivity index (χ0v) is 33.7. The van der Waals surface area contributed by atoms with E-state index in [-0.39, 0.29) is 0 Å². The number of para-hydroxylation sites is 3. The summed E-state index contributed by atoms with van der Waals surface area (Å²) in [7, 11) is 0. The van der Waals surface area contributed by atoms with Crippen LogP contribution in [0.4, 0.5) is 0 Å². The topological polar surface area (TPSA) is 35.6 Å². The highest BCUT2D eigenvalue weighted by atomic mass is 15.0. The van der Waals surface area contributed by atoms with Crippen molar-refractivity contribution in [1.29, 1.82) is 0 Å². The van der Waals surface area contributed by atoms with Crippen molar-refractivity contribution in [2.24, 2.45) is 0 Å². The Kier molecular flexibility index (Phi) is 8.46. The number of aromatic nitrogens is 4. The van der Waals surface area contributed by atoms with Crippen LogP contribution in [0.25, 0.3) is 111 Å². The minimum Gasteiger partial charge on any atom is -0.309 e. The van der Waals surface area contributed by atoms with Crippen LogP contribution in [-0.2, 0) is 0 Å². The predicted molar refractivity (Wildman–Crippen MR) is 258 cm³/mol. The monoisotopic (exact) mass is 790 g/mol. The highest BCUT2D eigenvalue weighted by Crippen LogP contribution is 2.38. The number of fused-ring (bicyclic) bond motifs is 6. The van der Waals surface area contributed by atoms with Gasteiger partial charge in [-0.2, -0.15) is 0 Å². The lowest BCUT2D eigenvalue weighted by molar-refractivity contribution is 1.17. The Morgan fingerprint density at radius 1 is 0.242 bits per heavy atom. The summed E-state index contributed by atoms with van der Waals surface area (Å²) in [6, 6.07) is 82.1. The highest BCUT2D eigenvalue weighted by molar-refractivity contribution is 6.12. The van der Waals surface area contributed by atoms with E-state index in [4.69, 9.17) is 9.97 Å². The number of rotatable bonds is 7. The molecule has 0 fully saturated rings. The molecule has 0 saturated heterocycles. The molecule has 12 aromatic rings. The van der Waals surface area contributed by atoms with Crippen molar-refractivity contribution in [1.82, 2.24) is 19.1 Å². The first kappa shape index (κ1) is 35.6. The van der Waals surface area contributed by atoms with Crippen molar-refractivity contribution in [3.05, 3.63) is 231 Å². The second kappa shape index (κ2) is 14.7. The summed E-state index contributed by atoms with van der Waals surface area (Å²) >= 11 is 0. The van der Waals surface area contributed by atoms with Crippen LogP contribution in [0, 0.1) is 0 Å². The first-order valence-electron chi connectivity index (χ1n) is 21.1. The van der Waals surface area contributed by atoms with E-state index < -0.39 is 0 Å². The minimum atomic E-state index is 0.717. The van der Waals surface area contributed by atoms with Gasteiger partial charge in [0.25, 0.3) is 0 Å². The first-order valence-corrected chi connectivity index (χ1v) is 21.1. The molecule has 0 saturated carbocycles. The summed E-state index contributed by atoms with van der Waals surface area (Å²) in [5.41, 5.74) is 16.7. The lowest BCUT2D eigenvalue weighted by atomic mass is 9.98. The Morgan fingerprint density at radius 3 is 1.11 bits per heavy atom. The third kappa shape index (κ3) is 6.08. The normalized spacial score (nSPS) is 11.5. The average Bonchev–Trinajstić information content (AvgIpc) is 3.87. The van der Waals surface area contributed by atoms with E-state index in [0.717, 1.165) is 50.8 Å². The molecular formula is C58H38N4. The van der Waals surface area contributed by atoms with Crippen LogP contribution in [-0.4, -0.2) is 19.1 Å². The summed E-state index contributed by atoms with van der Waals surface area (Å²) in [6.45, 7) is 0. The SMILES string of the molecule is c1ccc(-c2cc(-c3ccc(-c4ccc(-c5ccc(-n6c7ccccc7c7cc(-n8c9ccccc9c9ccccc98)ccc76)cc5)cc4)cc3)nc(-c3ccccc3)n2)cc1. The van der Waals surface area contributed by atoms with Crippen LogP contribution >= 0.6 is 0 Å². The van der Waals surface area contributed by atoms with E-state index in [0.29, 0.717) is 0 Å². The fourth-order valence-electron chi connectivity index (χ4n) is 9.14. The zero-order valence-electron chi connectivity index (χ0n) is 33.7. The van der Waals surface area contributed by atoms with Gasteiger partial charge in [0.15, 0.2) is 5.82 Å². The summed E-state index contributed by atoms with van der Waals surface area (Å²) in [4.78, 5) is 9.97. The molecule has 0 radical (unpaired) electrons. The molecule has 0 unspecified atom stereocenters. The van der Waals surface area contributed by atoms with E-state index in [1.54, 1.807) is 0 Å². The Balaban J connectivity index is 0.838. The van der Waals surface area contributed by atoms with Crippen molar-refractivity contribution in [2.45, 2.75) is 0 Å². The van der Waals surface area contributed by atoms with Gasteiger partial charge in [-0.05, 0) is 76.9 Å². The number of hydrogen-bond donors (Lipinski definition) is 0. The zero-order chi connectivity index (χ0) is 41.0. The Morgan fingerprint density at radius 2 is 0.597 bits per heavy atom. The van der Waals surface area contributed by atoms with Crippen molar-refractivity contribution < 1.29 is 0 Å². The molecule has 0 atom stereocenters. The maximum absolute atomic E-state index is 5.02. The third-order valence-electron chi connectivity index (χ3n) is 12.2.